The highest BCUT2D eigenvalue weighted by Gasteiger charge is 2.22. The first kappa shape index (κ1) is 21.6. The number of carbonyl (C=O) groups is 3. The zero-order valence-corrected chi connectivity index (χ0v) is 14.9. The predicted molar refractivity (Wildman–Crippen MR) is 85.4 cm³/mol. The number of esters is 1. The first-order valence-electron chi connectivity index (χ1n) is 8.35. The van der Waals surface area contributed by atoms with E-state index in [2.05, 4.69) is 6.92 Å². The number of carboxylic acids is 1. The quantitative estimate of drug-likeness (QED) is 0.287. The van der Waals surface area contributed by atoms with Gasteiger partial charge in [0.25, 0.3) is 0 Å². The molecule has 0 amide bonds. The lowest BCUT2D eigenvalue weighted by Gasteiger charge is -2.29. The number of aliphatic carboxylic acids is 1. The van der Waals surface area contributed by atoms with Crippen molar-refractivity contribution in [2.45, 2.75) is 64.4 Å². The van der Waals surface area contributed by atoms with E-state index in [9.17, 15) is 19.5 Å². The molecule has 0 fully saturated rings. The number of hydrogen-bond acceptors (Lipinski definition) is 5. The zero-order chi connectivity index (χ0) is 17.9. The summed E-state index contributed by atoms with van der Waals surface area (Å²) in [4.78, 5) is 34.2. The van der Waals surface area contributed by atoms with Crippen molar-refractivity contribution >= 4 is 17.7 Å². The van der Waals surface area contributed by atoms with Gasteiger partial charge in [-0.05, 0) is 12.8 Å². The monoisotopic (exact) mass is 329 g/mol. The largest absolute Gasteiger partial charge is 0.550 e. The molecule has 0 aliphatic carbocycles. The summed E-state index contributed by atoms with van der Waals surface area (Å²) >= 11 is 0. The highest BCUT2D eigenvalue weighted by atomic mass is 16.5. The topological polar surface area (TPSA) is 83.5 Å². The first-order valence-corrected chi connectivity index (χ1v) is 8.35. The van der Waals surface area contributed by atoms with Crippen LogP contribution in [0.5, 0.6) is 0 Å². The van der Waals surface area contributed by atoms with Gasteiger partial charge in [-0.1, -0.05) is 19.8 Å². The summed E-state index contributed by atoms with van der Waals surface area (Å²) in [5.74, 6) is -1.52. The Kier molecular flexibility index (Phi) is 10.5. The molecule has 1 atom stereocenters. The number of quaternary nitrogens is 1. The Bertz CT molecular complexity index is 387. The van der Waals surface area contributed by atoms with Crippen LogP contribution >= 0.6 is 0 Å². The van der Waals surface area contributed by atoms with Gasteiger partial charge in [-0.3, -0.25) is 9.59 Å². The van der Waals surface area contributed by atoms with E-state index in [1.165, 1.54) is 0 Å². The lowest BCUT2D eigenvalue weighted by molar-refractivity contribution is -0.873. The molecule has 6 heteroatoms. The molecule has 0 rings (SSSR count). The first-order chi connectivity index (χ1) is 10.6. The van der Waals surface area contributed by atoms with Crippen molar-refractivity contribution in [2.24, 2.45) is 0 Å². The van der Waals surface area contributed by atoms with Crippen LogP contribution in [0.15, 0.2) is 0 Å². The van der Waals surface area contributed by atoms with Gasteiger partial charge in [0.2, 0.25) is 0 Å². The summed E-state index contributed by atoms with van der Waals surface area (Å²) in [6, 6.07) is 0. The Morgan fingerprint density at radius 2 is 1.61 bits per heavy atom. The zero-order valence-electron chi connectivity index (χ0n) is 14.9. The second-order valence-corrected chi connectivity index (χ2v) is 7.01. The summed E-state index contributed by atoms with van der Waals surface area (Å²) in [6.07, 6.45) is 3.54. The summed E-state index contributed by atoms with van der Waals surface area (Å²) in [7, 11) is 5.68. The van der Waals surface area contributed by atoms with Crippen molar-refractivity contribution in [3.63, 3.8) is 0 Å². The smallest absolute Gasteiger partial charge is 0.306 e. The minimum Gasteiger partial charge on any atom is -0.550 e. The predicted octanol–water partition coefficient (Wildman–Crippen LogP) is 1.06. The second-order valence-electron chi connectivity index (χ2n) is 7.01. The van der Waals surface area contributed by atoms with Crippen LogP contribution in [0.1, 0.15) is 58.3 Å². The van der Waals surface area contributed by atoms with Crippen molar-refractivity contribution in [1.29, 1.82) is 0 Å². The van der Waals surface area contributed by atoms with Gasteiger partial charge in [-0.25, -0.2) is 0 Å². The van der Waals surface area contributed by atoms with Gasteiger partial charge < -0.3 is 19.1 Å². The number of unbranched alkanes of at least 4 members (excludes halogenated alkanes) is 2. The van der Waals surface area contributed by atoms with Gasteiger partial charge in [-0.15, -0.1) is 0 Å². The van der Waals surface area contributed by atoms with E-state index in [4.69, 9.17) is 4.74 Å². The Balaban J connectivity index is 4.12. The molecule has 0 saturated carbocycles. The number of carboxylic acid groups (broad SMARTS) is 1. The van der Waals surface area contributed by atoms with Gasteiger partial charge in [0.05, 0.1) is 21.1 Å². The van der Waals surface area contributed by atoms with Crippen molar-refractivity contribution in [3.8, 4) is 0 Å². The molecule has 0 aromatic rings. The summed E-state index contributed by atoms with van der Waals surface area (Å²) in [6.45, 7) is 2.48. The average Bonchev–Trinajstić information content (AvgIpc) is 2.35. The standard InChI is InChI=1S/C17H31NO5/c1-5-6-7-9-14(19)10-8-11-17(22)23-15(12-16(20)21)13-18(2,3)4/h15H,5-13H2,1-4H3. The minimum absolute atomic E-state index is 0.139. The fraction of sp³-hybridized carbons (Fsp3) is 0.824. The molecule has 134 valence electrons. The van der Waals surface area contributed by atoms with E-state index in [0.29, 0.717) is 30.3 Å². The molecule has 0 aliphatic rings. The molecule has 6 nitrogen and oxygen atoms in total. The Morgan fingerprint density at radius 3 is 2.13 bits per heavy atom. The molecule has 0 bridgehead atoms. The number of nitrogens with zero attached hydrogens (tertiary/aromatic N) is 1. The van der Waals surface area contributed by atoms with Crippen LogP contribution in [0.4, 0.5) is 0 Å². The molecule has 0 spiro atoms. The van der Waals surface area contributed by atoms with Crippen LogP contribution in [-0.2, 0) is 19.1 Å². The normalized spacial score (nSPS) is 12.7. The fourth-order valence-electron chi connectivity index (χ4n) is 2.31. The van der Waals surface area contributed by atoms with E-state index in [-0.39, 0.29) is 18.6 Å². The van der Waals surface area contributed by atoms with Crippen LogP contribution in [-0.4, -0.2) is 56.0 Å². The lowest BCUT2D eigenvalue weighted by atomic mass is 10.1. The third-order valence-electron chi connectivity index (χ3n) is 3.34. The van der Waals surface area contributed by atoms with Crippen LogP contribution < -0.4 is 5.11 Å². The maximum atomic E-state index is 11.8. The fourth-order valence-corrected chi connectivity index (χ4v) is 2.31. The van der Waals surface area contributed by atoms with Crippen LogP contribution in [0.25, 0.3) is 0 Å². The van der Waals surface area contributed by atoms with Crippen LogP contribution in [0.3, 0.4) is 0 Å². The highest BCUT2D eigenvalue weighted by Crippen LogP contribution is 2.09. The summed E-state index contributed by atoms with van der Waals surface area (Å²) in [5, 5.41) is 10.8. The third-order valence-corrected chi connectivity index (χ3v) is 3.34. The van der Waals surface area contributed by atoms with Crippen LogP contribution in [0, 0.1) is 0 Å². The number of carbonyl (C=O) groups excluding carboxylic acids is 3. The van der Waals surface area contributed by atoms with E-state index in [0.717, 1.165) is 19.3 Å². The average molecular weight is 329 g/mol. The van der Waals surface area contributed by atoms with E-state index in [1.54, 1.807) is 0 Å². The van der Waals surface area contributed by atoms with Crippen molar-refractivity contribution < 1.29 is 28.7 Å². The molecular weight excluding hydrogens is 298 g/mol. The van der Waals surface area contributed by atoms with Crippen molar-refractivity contribution in [3.05, 3.63) is 0 Å². The third kappa shape index (κ3) is 13.9. The van der Waals surface area contributed by atoms with Crippen LogP contribution in [0.2, 0.25) is 0 Å². The van der Waals surface area contributed by atoms with E-state index in [1.807, 2.05) is 21.1 Å². The molecule has 1 unspecified atom stereocenters. The molecular formula is C17H31NO5. The molecule has 0 radical (unpaired) electrons. The summed E-state index contributed by atoms with van der Waals surface area (Å²) < 4.78 is 5.72. The minimum atomic E-state index is -1.23. The number of hydrogen-bond donors (Lipinski definition) is 0. The van der Waals surface area contributed by atoms with Crippen molar-refractivity contribution in [2.75, 3.05) is 27.7 Å². The molecule has 0 aromatic heterocycles. The molecule has 23 heavy (non-hydrogen) atoms. The van der Waals surface area contributed by atoms with Gasteiger partial charge >= 0.3 is 5.97 Å². The molecule has 0 heterocycles. The number of Topliss-reactive ketones (excluding diaryl/α,β-unsaturated/α-hetero) is 1. The molecule has 0 N–H and O–H groups in total. The number of ketones is 1. The number of rotatable bonds is 13. The molecule has 0 saturated heterocycles. The van der Waals surface area contributed by atoms with Gasteiger partial charge in [0.1, 0.15) is 12.3 Å². The Labute approximate surface area is 139 Å². The van der Waals surface area contributed by atoms with E-state index < -0.39 is 18.0 Å². The maximum absolute atomic E-state index is 11.8. The SMILES string of the molecule is CCCCCC(=O)CCCC(=O)OC(CC(=O)[O-])C[N+](C)(C)C. The number of ether oxygens (including phenoxy) is 1. The molecule has 0 aromatic carbocycles. The Hall–Kier alpha value is -1.43. The van der Waals surface area contributed by atoms with Crippen molar-refractivity contribution in [1.82, 2.24) is 0 Å². The Morgan fingerprint density at radius 1 is 1.00 bits per heavy atom. The van der Waals surface area contributed by atoms with Gasteiger partial charge in [0.15, 0.2) is 6.10 Å². The van der Waals surface area contributed by atoms with E-state index >= 15 is 0 Å². The second kappa shape index (κ2) is 11.2. The lowest BCUT2D eigenvalue weighted by Crippen LogP contribution is -2.45. The summed E-state index contributed by atoms with van der Waals surface area (Å²) in [5.41, 5.74) is 0. The number of likely N-dealkylation sites (N-methyl/N-ethyl adjacent to an activating group) is 1. The van der Waals surface area contributed by atoms with Gasteiger partial charge in [-0.2, -0.15) is 0 Å². The maximum Gasteiger partial charge on any atom is 0.306 e. The molecule has 0 aliphatic heterocycles. The van der Waals surface area contributed by atoms with Gasteiger partial charge in [0, 0.05) is 31.7 Å². The highest BCUT2D eigenvalue weighted by molar-refractivity contribution is 5.79.